The van der Waals surface area contributed by atoms with Gasteiger partial charge in [0, 0.05) is 36.9 Å². The summed E-state index contributed by atoms with van der Waals surface area (Å²) in [4.78, 5) is 17.3. The topological polar surface area (TPSA) is 55.8 Å². The highest BCUT2D eigenvalue weighted by molar-refractivity contribution is 6.04. The molecule has 0 aromatic heterocycles. The fourth-order valence-corrected chi connectivity index (χ4v) is 3.40. The van der Waals surface area contributed by atoms with Gasteiger partial charge in [0.15, 0.2) is 0 Å². The van der Waals surface area contributed by atoms with Crippen LogP contribution >= 0.6 is 0 Å². The van der Waals surface area contributed by atoms with E-state index < -0.39 is 0 Å². The highest BCUT2D eigenvalue weighted by Gasteiger charge is 2.23. The van der Waals surface area contributed by atoms with Gasteiger partial charge >= 0.3 is 0 Å². The van der Waals surface area contributed by atoms with Gasteiger partial charge in [-0.15, -0.1) is 0 Å². The lowest BCUT2D eigenvalue weighted by atomic mass is 10.1. The first-order valence-electron chi connectivity index (χ1n) is 9.04. The van der Waals surface area contributed by atoms with Crippen LogP contribution in [-0.4, -0.2) is 54.0 Å². The average molecular weight is 353 g/mol. The Morgan fingerprint density at radius 1 is 1.19 bits per heavy atom. The molecule has 0 aliphatic carbocycles. The predicted octanol–water partition coefficient (Wildman–Crippen LogP) is 2.57. The van der Waals surface area contributed by atoms with Gasteiger partial charge in [-0.2, -0.15) is 0 Å². The maximum Gasteiger partial charge on any atom is 0.255 e. The highest BCUT2D eigenvalue weighted by atomic mass is 16.3. The number of hydrogen-bond acceptors (Lipinski definition) is 4. The zero-order valence-electron chi connectivity index (χ0n) is 15.5. The molecule has 0 bridgehead atoms. The second-order valence-corrected chi connectivity index (χ2v) is 7.15. The predicted molar refractivity (Wildman–Crippen MR) is 104 cm³/mol. The number of carbonyl (C=O) groups excluding carboxylic acids is 1. The zero-order valence-corrected chi connectivity index (χ0v) is 15.5. The summed E-state index contributed by atoms with van der Waals surface area (Å²) in [5, 5.41) is 12.1. The summed E-state index contributed by atoms with van der Waals surface area (Å²) in [5.74, 6) is -0.130. The minimum atomic E-state index is -0.130. The van der Waals surface area contributed by atoms with E-state index in [0.717, 1.165) is 30.8 Å². The highest BCUT2D eigenvalue weighted by Crippen LogP contribution is 2.18. The van der Waals surface area contributed by atoms with Crippen LogP contribution in [0.4, 0.5) is 5.69 Å². The second-order valence-electron chi connectivity index (χ2n) is 7.15. The van der Waals surface area contributed by atoms with Crippen LogP contribution in [0.1, 0.15) is 27.9 Å². The van der Waals surface area contributed by atoms with Crippen LogP contribution in [0.15, 0.2) is 48.5 Å². The number of amides is 1. The SMILES string of the molecule is CN(C)C1CCN(Cc2cccc(C(=O)Nc3cccc(CO)c3)c2)C1. The average Bonchev–Trinajstić information content (AvgIpc) is 3.11. The molecular weight excluding hydrogens is 326 g/mol. The van der Waals surface area contributed by atoms with Crippen molar-refractivity contribution in [3.63, 3.8) is 0 Å². The van der Waals surface area contributed by atoms with Crippen LogP contribution in [0.3, 0.4) is 0 Å². The van der Waals surface area contributed by atoms with Gasteiger partial charge in [-0.1, -0.05) is 24.3 Å². The van der Waals surface area contributed by atoms with Crippen molar-refractivity contribution in [2.45, 2.75) is 25.6 Å². The lowest BCUT2D eigenvalue weighted by Gasteiger charge is -2.20. The van der Waals surface area contributed by atoms with E-state index >= 15 is 0 Å². The van der Waals surface area contributed by atoms with E-state index in [4.69, 9.17) is 0 Å². The Morgan fingerprint density at radius 3 is 2.69 bits per heavy atom. The van der Waals surface area contributed by atoms with Crippen molar-refractivity contribution >= 4 is 11.6 Å². The summed E-state index contributed by atoms with van der Waals surface area (Å²) in [6.07, 6.45) is 1.19. The van der Waals surface area contributed by atoms with Crippen LogP contribution in [-0.2, 0) is 13.2 Å². The van der Waals surface area contributed by atoms with E-state index in [0.29, 0.717) is 17.3 Å². The van der Waals surface area contributed by atoms with E-state index in [1.165, 1.54) is 6.42 Å². The minimum Gasteiger partial charge on any atom is -0.392 e. The molecule has 2 aromatic rings. The van der Waals surface area contributed by atoms with Gasteiger partial charge in [-0.25, -0.2) is 0 Å². The Labute approximate surface area is 155 Å². The third-order valence-corrected chi connectivity index (χ3v) is 4.94. The minimum absolute atomic E-state index is 0.0387. The van der Waals surface area contributed by atoms with Crippen molar-refractivity contribution in [1.82, 2.24) is 9.80 Å². The largest absolute Gasteiger partial charge is 0.392 e. The number of aliphatic hydroxyl groups is 1. The van der Waals surface area contributed by atoms with Crippen LogP contribution < -0.4 is 5.32 Å². The number of nitrogens with one attached hydrogen (secondary N) is 1. The first kappa shape index (κ1) is 18.6. The molecule has 1 heterocycles. The van der Waals surface area contributed by atoms with Crippen LogP contribution in [0.5, 0.6) is 0 Å². The van der Waals surface area contributed by atoms with E-state index in [1.54, 1.807) is 6.07 Å². The Morgan fingerprint density at radius 2 is 1.96 bits per heavy atom. The summed E-state index contributed by atoms with van der Waals surface area (Å²) >= 11 is 0. The van der Waals surface area contributed by atoms with Gasteiger partial charge in [0.25, 0.3) is 5.91 Å². The normalized spacial score (nSPS) is 17.6. The molecule has 26 heavy (non-hydrogen) atoms. The fraction of sp³-hybridized carbons (Fsp3) is 0.381. The Bertz CT molecular complexity index is 760. The fourth-order valence-electron chi connectivity index (χ4n) is 3.40. The first-order valence-corrected chi connectivity index (χ1v) is 9.04. The van der Waals surface area contributed by atoms with Crippen molar-refractivity contribution < 1.29 is 9.90 Å². The molecule has 2 aromatic carbocycles. The van der Waals surface area contributed by atoms with Crippen LogP contribution in [0, 0.1) is 0 Å². The molecule has 3 rings (SSSR count). The summed E-state index contributed by atoms with van der Waals surface area (Å²) in [6, 6.07) is 15.7. The third kappa shape index (κ3) is 4.69. The van der Waals surface area contributed by atoms with Crippen LogP contribution in [0.25, 0.3) is 0 Å². The number of hydrogen-bond donors (Lipinski definition) is 2. The van der Waals surface area contributed by atoms with Gasteiger partial charge in [0.1, 0.15) is 0 Å². The summed E-state index contributed by atoms with van der Waals surface area (Å²) in [5.41, 5.74) is 3.28. The molecule has 1 fully saturated rings. The maximum absolute atomic E-state index is 12.6. The Balaban J connectivity index is 1.64. The Hall–Kier alpha value is -2.21. The molecule has 0 saturated carbocycles. The molecule has 1 unspecified atom stereocenters. The number of anilines is 1. The van der Waals surface area contributed by atoms with Crippen molar-refractivity contribution in [2.75, 3.05) is 32.5 Å². The van der Waals surface area contributed by atoms with Gasteiger partial charge in [-0.3, -0.25) is 9.69 Å². The molecule has 1 atom stereocenters. The van der Waals surface area contributed by atoms with Crippen molar-refractivity contribution in [1.29, 1.82) is 0 Å². The zero-order chi connectivity index (χ0) is 18.5. The standard InChI is InChI=1S/C21H27N3O2/c1-23(2)20-9-10-24(14-20)13-16-5-3-7-18(11-16)21(26)22-19-8-4-6-17(12-19)15-25/h3-8,11-12,20,25H,9-10,13-15H2,1-2H3,(H,22,26). The van der Waals surface area contributed by atoms with E-state index in [1.807, 2.05) is 36.4 Å². The molecule has 1 amide bonds. The third-order valence-electron chi connectivity index (χ3n) is 4.94. The van der Waals surface area contributed by atoms with Gasteiger partial charge < -0.3 is 15.3 Å². The maximum atomic E-state index is 12.6. The lowest BCUT2D eigenvalue weighted by Crippen LogP contribution is -2.31. The van der Waals surface area contributed by atoms with E-state index in [2.05, 4.69) is 35.3 Å². The quantitative estimate of drug-likeness (QED) is 0.838. The monoisotopic (exact) mass is 353 g/mol. The lowest BCUT2D eigenvalue weighted by molar-refractivity contribution is 0.102. The van der Waals surface area contributed by atoms with E-state index in [9.17, 15) is 9.90 Å². The summed E-state index contributed by atoms with van der Waals surface area (Å²) in [7, 11) is 4.26. The van der Waals surface area contributed by atoms with Crippen molar-refractivity contribution in [2.24, 2.45) is 0 Å². The summed E-state index contributed by atoms with van der Waals surface area (Å²) in [6.45, 7) is 2.99. The van der Waals surface area contributed by atoms with Gasteiger partial charge in [0.2, 0.25) is 0 Å². The first-order chi connectivity index (χ1) is 12.5. The molecular formula is C21H27N3O2. The number of nitrogens with zero attached hydrogens (tertiary/aromatic N) is 2. The molecule has 1 aliphatic rings. The smallest absolute Gasteiger partial charge is 0.255 e. The van der Waals surface area contributed by atoms with Gasteiger partial charge in [-0.05, 0) is 55.9 Å². The molecule has 5 nitrogen and oxygen atoms in total. The molecule has 0 spiro atoms. The molecule has 0 radical (unpaired) electrons. The molecule has 138 valence electrons. The second kappa shape index (κ2) is 8.45. The van der Waals surface area contributed by atoms with E-state index in [-0.39, 0.29) is 12.5 Å². The number of likely N-dealkylation sites (tertiary alicyclic amines) is 1. The molecule has 5 heteroatoms. The number of carbonyl (C=O) groups is 1. The van der Waals surface area contributed by atoms with Crippen LogP contribution in [0.2, 0.25) is 0 Å². The molecule has 1 saturated heterocycles. The molecule has 1 aliphatic heterocycles. The van der Waals surface area contributed by atoms with Crippen molar-refractivity contribution in [3.05, 3.63) is 65.2 Å². The number of likely N-dealkylation sites (N-methyl/N-ethyl adjacent to an activating group) is 1. The Kier molecular flexibility index (Phi) is 6.04. The van der Waals surface area contributed by atoms with Crippen molar-refractivity contribution in [3.8, 4) is 0 Å². The van der Waals surface area contributed by atoms with Gasteiger partial charge in [0.05, 0.1) is 6.61 Å². The molecule has 2 N–H and O–H groups in total. The number of aliphatic hydroxyl groups excluding tert-OH is 1. The summed E-state index contributed by atoms with van der Waals surface area (Å²) < 4.78 is 0. The number of benzene rings is 2. The number of rotatable bonds is 6.